The van der Waals surface area contributed by atoms with Gasteiger partial charge in [0.1, 0.15) is 0 Å². The van der Waals surface area contributed by atoms with Gasteiger partial charge in [-0.1, -0.05) is 18.2 Å². The first kappa shape index (κ1) is 14.6. The van der Waals surface area contributed by atoms with E-state index >= 15 is 0 Å². The molecular formula is C21H26N2O2. The molecule has 7 rings (SSSR count). The normalized spacial score (nSPS) is 46.1. The monoisotopic (exact) mass is 338 g/mol. The van der Waals surface area contributed by atoms with E-state index in [4.69, 9.17) is 4.74 Å². The zero-order valence-electron chi connectivity index (χ0n) is 14.9. The number of rotatable bonds is 1. The van der Waals surface area contributed by atoms with Crippen molar-refractivity contribution in [2.24, 2.45) is 11.3 Å². The standard InChI is InChI=1S/C21H26N2O2/c1-25-17(24)15-13-19-7-4-11-23-12-10-20(18(19)23)14-5-2-3-6-16(14)22-21(15,20)9-8-19/h2-3,5-6,15,18,22H,4,7-13H2,1H3/t15-,18+,19?,20-,21?/m1/s1. The largest absolute Gasteiger partial charge is 0.469 e. The lowest BCUT2D eigenvalue weighted by Gasteiger charge is -2.69. The molecule has 2 unspecified atom stereocenters. The summed E-state index contributed by atoms with van der Waals surface area (Å²) in [6.07, 6.45) is 7.10. The second kappa shape index (κ2) is 4.40. The zero-order valence-corrected chi connectivity index (χ0v) is 14.9. The number of methoxy groups -OCH3 is 1. The van der Waals surface area contributed by atoms with Crippen LogP contribution in [0.5, 0.6) is 0 Å². The number of nitrogens with zero attached hydrogens (tertiary/aromatic N) is 1. The Morgan fingerprint density at radius 3 is 2.96 bits per heavy atom. The number of benzene rings is 1. The average molecular weight is 338 g/mol. The highest BCUT2D eigenvalue weighted by Gasteiger charge is 2.78. The third-order valence-electron chi connectivity index (χ3n) is 8.60. The van der Waals surface area contributed by atoms with E-state index in [1.165, 1.54) is 50.0 Å². The van der Waals surface area contributed by atoms with Crippen LogP contribution in [0.1, 0.15) is 44.1 Å². The Kier molecular flexibility index (Phi) is 2.57. The molecule has 3 spiro atoms. The quantitative estimate of drug-likeness (QED) is 0.800. The molecule has 6 aliphatic rings. The van der Waals surface area contributed by atoms with E-state index in [0.717, 1.165) is 12.8 Å². The molecular weight excluding hydrogens is 312 g/mol. The molecule has 5 atom stereocenters. The Balaban J connectivity index is 1.65. The summed E-state index contributed by atoms with van der Waals surface area (Å²) in [4.78, 5) is 15.7. The number of hydrogen-bond donors (Lipinski definition) is 1. The molecule has 1 aromatic rings. The Bertz CT molecular complexity index is 779. The summed E-state index contributed by atoms with van der Waals surface area (Å²) in [6, 6.07) is 9.45. The molecule has 3 aliphatic heterocycles. The van der Waals surface area contributed by atoms with Crippen molar-refractivity contribution in [3.63, 3.8) is 0 Å². The number of carbonyl (C=O) groups is 1. The Labute approximate surface area is 148 Å². The fourth-order valence-electron chi connectivity index (χ4n) is 8.03. The average Bonchev–Trinajstić information content (AvgIpc) is 3.19. The third-order valence-corrected chi connectivity index (χ3v) is 8.60. The van der Waals surface area contributed by atoms with Crippen LogP contribution < -0.4 is 5.32 Å². The number of fused-ring (bicyclic) bond motifs is 3. The summed E-state index contributed by atoms with van der Waals surface area (Å²) < 4.78 is 5.33. The minimum atomic E-state index is -0.151. The summed E-state index contributed by atoms with van der Waals surface area (Å²) in [6.45, 7) is 2.41. The predicted octanol–water partition coefficient (Wildman–Crippen LogP) is 2.93. The maximum Gasteiger partial charge on any atom is 0.311 e. The summed E-state index contributed by atoms with van der Waals surface area (Å²) in [7, 11) is 1.56. The first-order chi connectivity index (χ1) is 12.2. The molecule has 2 bridgehead atoms. The molecule has 1 aromatic carbocycles. The lowest BCUT2D eigenvalue weighted by molar-refractivity contribution is -0.171. The van der Waals surface area contributed by atoms with Gasteiger partial charge in [0.25, 0.3) is 0 Å². The number of carbonyl (C=O) groups excluding carboxylic acids is 1. The number of piperidine rings is 1. The van der Waals surface area contributed by atoms with Crippen molar-refractivity contribution in [2.75, 3.05) is 25.5 Å². The van der Waals surface area contributed by atoms with Crippen molar-refractivity contribution in [1.82, 2.24) is 4.90 Å². The molecule has 4 heteroatoms. The highest BCUT2D eigenvalue weighted by molar-refractivity contribution is 5.80. The second-order valence-corrected chi connectivity index (χ2v) is 9.05. The lowest BCUT2D eigenvalue weighted by atomic mass is 9.39. The van der Waals surface area contributed by atoms with Crippen molar-refractivity contribution in [2.45, 2.75) is 55.5 Å². The van der Waals surface area contributed by atoms with Crippen LogP contribution >= 0.6 is 0 Å². The van der Waals surface area contributed by atoms with E-state index in [9.17, 15) is 4.79 Å². The highest BCUT2D eigenvalue weighted by Crippen LogP contribution is 2.74. The molecule has 2 saturated heterocycles. The molecule has 0 amide bonds. The van der Waals surface area contributed by atoms with Crippen LogP contribution in [0.25, 0.3) is 0 Å². The summed E-state index contributed by atoms with van der Waals surface area (Å²) in [5.74, 6) is -0.0193. The zero-order chi connectivity index (χ0) is 16.9. The first-order valence-electron chi connectivity index (χ1n) is 9.87. The summed E-state index contributed by atoms with van der Waals surface area (Å²) in [5, 5.41) is 3.92. The van der Waals surface area contributed by atoms with Crippen molar-refractivity contribution < 1.29 is 9.53 Å². The molecule has 3 aliphatic carbocycles. The first-order valence-corrected chi connectivity index (χ1v) is 9.87. The van der Waals surface area contributed by atoms with Crippen molar-refractivity contribution in [1.29, 1.82) is 0 Å². The molecule has 0 aromatic heterocycles. The SMILES string of the molecule is COC(=O)[C@H]1CC23CCCN4CC[C@@]5(c6ccccc6NC15CC2)[C@@H]43. The minimum absolute atomic E-state index is 0.00114. The minimum Gasteiger partial charge on any atom is -0.469 e. The van der Waals surface area contributed by atoms with Gasteiger partial charge < -0.3 is 10.1 Å². The van der Waals surface area contributed by atoms with Crippen LogP contribution in [0.15, 0.2) is 24.3 Å². The van der Waals surface area contributed by atoms with Crippen LogP contribution in [-0.2, 0) is 14.9 Å². The van der Waals surface area contributed by atoms with E-state index in [-0.39, 0.29) is 22.8 Å². The lowest BCUT2D eigenvalue weighted by Crippen LogP contribution is -2.76. The van der Waals surface area contributed by atoms with Gasteiger partial charge >= 0.3 is 5.97 Å². The van der Waals surface area contributed by atoms with Gasteiger partial charge in [-0.3, -0.25) is 9.69 Å². The highest BCUT2D eigenvalue weighted by atomic mass is 16.5. The van der Waals surface area contributed by atoms with Crippen LogP contribution in [0.2, 0.25) is 0 Å². The van der Waals surface area contributed by atoms with Gasteiger partial charge in [-0.05, 0) is 68.7 Å². The van der Waals surface area contributed by atoms with E-state index in [0.29, 0.717) is 11.5 Å². The van der Waals surface area contributed by atoms with Crippen LogP contribution in [-0.4, -0.2) is 42.6 Å². The second-order valence-electron chi connectivity index (χ2n) is 9.05. The van der Waals surface area contributed by atoms with Crippen LogP contribution in [0.4, 0.5) is 5.69 Å². The van der Waals surface area contributed by atoms with Gasteiger partial charge in [-0.2, -0.15) is 0 Å². The Morgan fingerprint density at radius 1 is 1.20 bits per heavy atom. The number of esters is 1. The molecule has 0 radical (unpaired) electrons. The van der Waals surface area contributed by atoms with Gasteiger partial charge in [-0.25, -0.2) is 0 Å². The van der Waals surface area contributed by atoms with Gasteiger partial charge in [0.2, 0.25) is 0 Å². The molecule has 25 heavy (non-hydrogen) atoms. The van der Waals surface area contributed by atoms with Gasteiger partial charge in [0.05, 0.1) is 18.6 Å². The summed E-state index contributed by atoms with van der Waals surface area (Å²) >= 11 is 0. The fraction of sp³-hybridized carbons (Fsp3) is 0.667. The topological polar surface area (TPSA) is 41.6 Å². The predicted molar refractivity (Wildman–Crippen MR) is 95.5 cm³/mol. The van der Waals surface area contributed by atoms with Gasteiger partial charge in [0.15, 0.2) is 0 Å². The number of ether oxygens (including phenoxy) is 1. The van der Waals surface area contributed by atoms with Gasteiger partial charge in [0, 0.05) is 17.1 Å². The van der Waals surface area contributed by atoms with E-state index in [1.54, 1.807) is 7.11 Å². The van der Waals surface area contributed by atoms with Crippen LogP contribution in [0, 0.1) is 11.3 Å². The van der Waals surface area contributed by atoms with E-state index < -0.39 is 0 Å². The van der Waals surface area contributed by atoms with Gasteiger partial charge in [-0.15, -0.1) is 0 Å². The van der Waals surface area contributed by atoms with Crippen molar-refractivity contribution in [3.05, 3.63) is 29.8 Å². The fourth-order valence-corrected chi connectivity index (χ4v) is 8.03. The number of hydrogen-bond acceptors (Lipinski definition) is 4. The van der Waals surface area contributed by atoms with Crippen molar-refractivity contribution in [3.8, 4) is 0 Å². The smallest absolute Gasteiger partial charge is 0.311 e. The number of nitrogens with one attached hydrogen (secondary N) is 1. The molecule has 132 valence electrons. The Hall–Kier alpha value is -1.55. The number of anilines is 1. The van der Waals surface area contributed by atoms with E-state index in [1.807, 2.05) is 0 Å². The summed E-state index contributed by atoms with van der Waals surface area (Å²) in [5.41, 5.74) is 2.97. The Morgan fingerprint density at radius 2 is 2.08 bits per heavy atom. The molecule has 3 saturated carbocycles. The molecule has 5 fully saturated rings. The van der Waals surface area contributed by atoms with E-state index in [2.05, 4.69) is 34.5 Å². The van der Waals surface area contributed by atoms with Crippen LogP contribution in [0.3, 0.4) is 0 Å². The maximum atomic E-state index is 12.9. The third kappa shape index (κ3) is 1.38. The maximum absolute atomic E-state index is 12.9. The van der Waals surface area contributed by atoms with Crippen molar-refractivity contribution >= 4 is 11.7 Å². The molecule has 1 N–H and O–H groups in total. The molecule has 3 heterocycles. The number of para-hydroxylation sites is 1. The molecule has 4 nitrogen and oxygen atoms in total.